The molecule has 1 N–H and O–H groups in total. The third kappa shape index (κ3) is 3.90. The van der Waals surface area contributed by atoms with Crippen LogP contribution in [0.3, 0.4) is 0 Å². The van der Waals surface area contributed by atoms with Crippen LogP contribution >= 0.6 is 0 Å². The number of hydrogen-bond donors (Lipinski definition) is 1. The summed E-state index contributed by atoms with van der Waals surface area (Å²) in [5, 5.41) is 19.1. The summed E-state index contributed by atoms with van der Waals surface area (Å²) in [5.41, 5.74) is 7.28. The van der Waals surface area contributed by atoms with Crippen LogP contribution in [0.15, 0.2) is 60.8 Å². The second-order valence-electron chi connectivity index (χ2n) is 7.78. The van der Waals surface area contributed by atoms with Gasteiger partial charge >= 0.3 is 0 Å². The van der Waals surface area contributed by atoms with Crippen molar-refractivity contribution in [2.75, 3.05) is 0 Å². The lowest BCUT2D eigenvalue weighted by Gasteiger charge is -2.11. The Balaban J connectivity index is 1.54. The van der Waals surface area contributed by atoms with Crippen LogP contribution in [0, 0.1) is 20.8 Å². The molecule has 0 unspecified atom stereocenters. The van der Waals surface area contributed by atoms with Crippen LogP contribution in [0.2, 0.25) is 0 Å². The number of aromatic amines is 1. The predicted octanol–water partition coefficient (Wildman–Crippen LogP) is 4.16. The SMILES string of the molecule is Cc1ccnc(-c2ccc(-c3nn[nH]n3)c(-c3ccc(Cn4nc(C)nc4C)cc3)c2)c1. The van der Waals surface area contributed by atoms with Crippen LogP contribution < -0.4 is 0 Å². The van der Waals surface area contributed by atoms with Gasteiger partial charge in [0, 0.05) is 17.3 Å². The van der Waals surface area contributed by atoms with Crippen molar-refractivity contribution in [3.8, 4) is 33.8 Å². The number of nitrogens with zero attached hydrogens (tertiary/aromatic N) is 7. The minimum Gasteiger partial charge on any atom is -0.256 e. The highest BCUT2D eigenvalue weighted by Gasteiger charge is 2.14. The van der Waals surface area contributed by atoms with E-state index in [1.54, 1.807) is 0 Å². The molecule has 158 valence electrons. The lowest BCUT2D eigenvalue weighted by Crippen LogP contribution is -2.04. The van der Waals surface area contributed by atoms with Crippen LogP contribution in [0.25, 0.3) is 33.8 Å². The third-order valence-corrected chi connectivity index (χ3v) is 5.38. The van der Waals surface area contributed by atoms with Gasteiger partial charge in [0.1, 0.15) is 11.6 Å². The smallest absolute Gasteiger partial charge is 0.205 e. The van der Waals surface area contributed by atoms with E-state index in [2.05, 4.69) is 79.0 Å². The highest BCUT2D eigenvalue weighted by atomic mass is 15.5. The van der Waals surface area contributed by atoms with Gasteiger partial charge < -0.3 is 0 Å². The lowest BCUT2D eigenvalue weighted by atomic mass is 9.94. The van der Waals surface area contributed by atoms with E-state index in [-0.39, 0.29) is 0 Å². The van der Waals surface area contributed by atoms with Crippen molar-refractivity contribution in [3.05, 3.63) is 83.6 Å². The van der Waals surface area contributed by atoms with Crippen molar-refractivity contribution in [1.29, 1.82) is 0 Å². The van der Waals surface area contributed by atoms with Gasteiger partial charge in [-0.3, -0.25) is 4.98 Å². The molecule has 5 aromatic rings. The number of benzene rings is 2. The first-order valence-electron chi connectivity index (χ1n) is 10.3. The summed E-state index contributed by atoms with van der Waals surface area (Å²) in [7, 11) is 0. The molecular formula is C24H22N8. The zero-order valence-electron chi connectivity index (χ0n) is 18.1. The van der Waals surface area contributed by atoms with Gasteiger partial charge in [-0.1, -0.05) is 30.3 Å². The predicted molar refractivity (Wildman–Crippen MR) is 122 cm³/mol. The van der Waals surface area contributed by atoms with E-state index in [9.17, 15) is 0 Å². The maximum atomic E-state index is 4.54. The molecule has 0 fully saturated rings. The van der Waals surface area contributed by atoms with Crippen molar-refractivity contribution >= 4 is 0 Å². The number of tetrazole rings is 1. The molecule has 0 atom stereocenters. The molecule has 3 heterocycles. The van der Waals surface area contributed by atoms with Gasteiger partial charge in [-0.2, -0.15) is 10.3 Å². The molecule has 8 heteroatoms. The summed E-state index contributed by atoms with van der Waals surface area (Å²) in [4.78, 5) is 8.92. The summed E-state index contributed by atoms with van der Waals surface area (Å²) in [6, 6.07) is 18.7. The topological polar surface area (TPSA) is 98.1 Å². The van der Waals surface area contributed by atoms with E-state index in [1.807, 2.05) is 42.9 Å². The number of aryl methyl sites for hydroxylation is 3. The second kappa shape index (κ2) is 8.14. The van der Waals surface area contributed by atoms with Crippen molar-refractivity contribution in [2.45, 2.75) is 27.3 Å². The maximum absolute atomic E-state index is 4.54. The van der Waals surface area contributed by atoms with Gasteiger partial charge in [0.2, 0.25) is 5.82 Å². The second-order valence-corrected chi connectivity index (χ2v) is 7.78. The molecule has 8 nitrogen and oxygen atoms in total. The average molecular weight is 422 g/mol. The quantitative estimate of drug-likeness (QED) is 0.457. The number of aromatic nitrogens is 8. The average Bonchev–Trinajstić information content (AvgIpc) is 3.44. The van der Waals surface area contributed by atoms with E-state index < -0.39 is 0 Å². The molecule has 0 aliphatic rings. The first kappa shape index (κ1) is 19.7. The molecule has 0 spiro atoms. The molecule has 0 saturated heterocycles. The Labute approximate surface area is 185 Å². The highest BCUT2D eigenvalue weighted by Crippen LogP contribution is 2.34. The van der Waals surface area contributed by atoms with Crippen molar-refractivity contribution in [1.82, 2.24) is 40.4 Å². The highest BCUT2D eigenvalue weighted by molar-refractivity contribution is 5.84. The summed E-state index contributed by atoms with van der Waals surface area (Å²) in [6.07, 6.45) is 1.83. The molecule has 3 aromatic heterocycles. The van der Waals surface area contributed by atoms with Gasteiger partial charge in [-0.15, -0.1) is 10.2 Å². The summed E-state index contributed by atoms with van der Waals surface area (Å²) in [5.74, 6) is 2.25. The van der Waals surface area contributed by atoms with E-state index in [1.165, 1.54) is 5.56 Å². The molecule has 0 aliphatic carbocycles. The first-order chi connectivity index (χ1) is 15.6. The number of hydrogen-bond acceptors (Lipinski definition) is 6. The van der Waals surface area contributed by atoms with Crippen LogP contribution in [0.1, 0.15) is 22.8 Å². The van der Waals surface area contributed by atoms with E-state index >= 15 is 0 Å². The molecule has 5 rings (SSSR count). The van der Waals surface area contributed by atoms with Crippen molar-refractivity contribution < 1.29 is 0 Å². The fourth-order valence-corrected chi connectivity index (χ4v) is 3.78. The van der Waals surface area contributed by atoms with Gasteiger partial charge in [-0.05, 0) is 72.5 Å². The molecule has 32 heavy (non-hydrogen) atoms. The Hall–Kier alpha value is -4.20. The monoisotopic (exact) mass is 422 g/mol. The Morgan fingerprint density at radius 1 is 0.875 bits per heavy atom. The minimum absolute atomic E-state index is 0.557. The summed E-state index contributed by atoms with van der Waals surface area (Å²) < 4.78 is 1.92. The molecule has 0 aliphatic heterocycles. The molecule has 0 radical (unpaired) electrons. The largest absolute Gasteiger partial charge is 0.256 e. The van der Waals surface area contributed by atoms with Gasteiger partial charge in [0.15, 0.2) is 0 Å². The van der Waals surface area contributed by atoms with E-state index in [0.717, 1.165) is 45.2 Å². The lowest BCUT2D eigenvalue weighted by molar-refractivity contribution is 0.656. The van der Waals surface area contributed by atoms with Gasteiger partial charge in [0.05, 0.1) is 12.2 Å². The summed E-state index contributed by atoms with van der Waals surface area (Å²) in [6.45, 7) is 6.62. The number of H-pyrrole nitrogens is 1. The van der Waals surface area contributed by atoms with Crippen molar-refractivity contribution in [3.63, 3.8) is 0 Å². The van der Waals surface area contributed by atoms with Gasteiger partial charge in [0.25, 0.3) is 0 Å². The van der Waals surface area contributed by atoms with Gasteiger partial charge in [-0.25, -0.2) is 9.67 Å². The minimum atomic E-state index is 0.557. The standard InChI is InChI=1S/C24H22N8/c1-15-10-11-25-23(12-15)20-8-9-21(24-27-30-31-28-24)22(13-20)19-6-4-18(5-7-19)14-32-17(3)26-16(2)29-32/h4-13H,14H2,1-3H3,(H,27,28,30,31). The molecule has 2 aromatic carbocycles. The fraction of sp³-hybridized carbons (Fsp3) is 0.167. The number of pyridine rings is 1. The zero-order chi connectivity index (χ0) is 22.1. The van der Waals surface area contributed by atoms with E-state index in [0.29, 0.717) is 12.4 Å². The van der Waals surface area contributed by atoms with Crippen LogP contribution in [-0.2, 0) is 6.54 Å². The van der Waals surface area contributed by atoms with Crippen LogP contribution in [-0.4, -0.2) is 40.4 Å². The molecular weight excluding hydrogens is 400 g/mol. The Kier molecular flexibility index (Phi) is 5.03. The zero-order valence-corrected chi connectivity index (χ0v) is 18.1. The van der Waals surface area contributed by atoms with Crippen LogP contribution in [0.5, 0.6) is 0 Å². The first-order valence-corrected chi connectivity index (χ1v) is 10.3. The van der Waals surface area contributed by atoms with Crippen LogP contribution in [0.4, 0.5) is 0 Å². The number of nitrogens with one attached hydrogen (secondary N) is 1. The molecule has 0 bridgehead atoms. The Morgan fingerprint density at radius 2 is 1.69 bits per heavy atom. The van der Waals surface area contributed by atoms with Crippen molar-refractivity contribution in [2.24, 2.45) is 0 Å². The Bertz CT molecular complexity index is 1370. The fourth-order valence-electron chi connectivity index (χ4n) is 3.78. The molecule has 0 amide bonds. The summed E-state index contributed by atoms with van der Waals surface area (Å²) >= 11 is 0. The third-order valence-electron chi connectivity index (χ3n) is 5.38. The Morgan fingerprint density at radius 3 is 2.38 bits per heavy atom. The molecule has 0 saturated carbocycles. The van der Waals surface area contributed by atoms with E-state index in [4.69, 9.17) is 0 Å². The number of rotatable bonds is 5. The normalized spacial score (nSPS) is 11.1. The maximum Gasteiger partial charge on any atom is 0.205 e.